The van der Waals surface area contributed by atoms with Crippen molar-refractivity contribution >= 4 is 17.3 Å². The monoisotopic (exact) mass is 337 g/mol. The highest BCUT2D eigenvalue weighted by Gasteiger charge is 2.30. The Morgan fingerprint density at radius 1 is 1.20 bits per heavy atom. The van der Waals surface area contributed by atoms with Crippen LogP contribution in [0, 0.1) is 0 Å². The van der Waals surface area contributed by atoms with Crippen LogP contribution in [0.15, 0.2) is 48.1 Å². The van der Waals surface area contributed by atoms with Gasteiger partial charge >= 0.3 is 5.97 Å². The standard InChI is InChI=1S/C21H23NO3/c1-14-6-5-9-18-19(14)16-7-3-4-8-17(16)20(25-18)21(23)24-15-10-12-22(2)13-11-15/h3-9,15,18H,10-13H2,1-2H3. The molecule has 0 bridgehead atoms. The smallest absolute Gasteiger partial charge is 0.374 e. The average molecular weight is 337 g/mol. The molecule has 4 heteroatoms. The van der Waals surface area contributed by atoms with E-state index < -0.39 is 0 Å². The first-order valence-electron chi connectivity index (χ1n) is 8.88. The first kappa shape index (κ1) is 16.2. The minimum Gasteiger partial charge on any atom is -0.474 e. The van der Waals surface area contributed by atoms with Crippen molar-refractivity contribution in [3.05, 3.63) is 58.5 Å². The van der Waals surface area contributed by atoms with E-state index in [1.807, 2.05) is 30.4 Å². The van der Waals surface area contributed by atoms with E-state index in [0.29, 0.717) is 5.76 Å². The number of rotatable bonds is 2. The number of piperidine rings is 1. The predicted octanol–water partition coefficient (Wildman–Crippen LogP) is 1.50. The van der Waals surface area contributed by atoms with Gasteiger partial charge in [-0.2, -0.15) is 0 Å². The summed E-state index contributed by atoms with van der Waals surface area (Å²) in [5.41, 5.74) is 2.30. The molecule has 1 fully saturated rings. The maximum atomic E-state index is 12.8. The number of ether oxygens (including phenoxy) is 2. The molecule has 3 aliphatic rings. The third-order valence-corrected chi connectivity index (χ3v) is 5.17. The highest BCUT2D eigenvalue weighted by Crippen LogP contribution is 2.27. The molecule has 0 amide bonds. The van der Waals surface area contributed by atoms with E-state index in [9.17, 15) is 4.79 Å². The summed E-state index contributed by atoms with van der Waals surface area (Å²) < 4.78 is 11.8. The van der Waals surface area contributed by atoms with Crippen molar-refractivity contribution in [2.24, 2.45) is 0 Å². The maximum absolute atomic E-state index is 12.8. The van der Waals surface area contributed by atoms with Gasteiger partial charge in [0.05, 0.1) is 0 Å². The molecule has 2 heterocycles. The van der Waals surface area contributed by atoms with Crippen molar-refractivity contribution in [1.29, 1.82) is 0 Å². The summed E-state index contributed by atoms with van der Waals surface area (Å²) in [6.07, 6.45) is 7.55. The quantitative estimate of drug-likeness (QED) is 0.767. The molecule has 2 aliphatic heterocycles. The number of benzene rings is 1. The zero-order valence-corrected chi connectivity index (χ0v) is 14.7. The summed E-state index contributed by atoms with van der Waals surface area (Å²) in [5, 5.41) is 1.89. The number of carbonyl (C=O) groups excluding carboxylic acids is 1. The van der Waals surface area contributed by atoms with Crippen LogP contribution in [0.1, 0.15) is 19.8 Å². The topological polar surface area (TPSA) is 38.8 Å². The number of hydrogen-bond acceptors (Lipinski definition) is 4. The first-order valence-corrected chi connectivity index (χ1v) is 8.88. The maximum Gasteiger partial charge on any atom is 0.374 e. The Kier molecular flexibility index (Phi) is 4.22. The zero-order chi connectivity index (χ0) is 17.4. The lowest BCUT2D eigenvalue weighted by Crippen LogP contribution is -2.42. The molecule has 1 aromatic carbocycles. The van der Waals surface area contributed by atoms with Gasteiger partial charge in [0.1, 0.15) is 12.2 Å². The molecule has 0 radical (unpaired) electrons. The predicted molar refractivity (Wildman–Crippen MR) is 96.9 cm³/mol. The van der Waals surface area contributed by atoms with Gasteiger partial charge in [0, 0.05) is 23.9 Å². The van der Waals surface area contributed by atoms with E-state index >= 15 is 0 Å². The Hall–Kier alpha value is -2.33. The molecule has 1 unspecified atom stereocenters. The van der Waals surface area contributed by atoms with Crippen LogP contribution < -0.4 is 10.4 Å². The minimum absolute atomic E-state index is 0.0270. The fraction of sp³-hybridized carbons (Fsp3) is 0.381. The Bertz CT molecular complexity index is 873. The highest BCUT2D eigenvalue weighted by molar-refractivity contribution is 6.07. The minimum atomic E-state index is -0.346. The van der Waals surface area contributed by atoms with Crippen molar-refractivity contribution in [1.82, 2.24) is 4.90 Å². The molecule has 0 aromatic heterocycles. The Labute approximate surface area is 147 Å². The summed E-state index contributed by atoms with van der Waals surface area (Å²) >= 11 is 0. The molecule has 1 saturated heterocycles. The summed E-state index contributed by atoms with van der Waals surface area (Å²) in [6.45, 7) is 3.99. The van der Waals surface area contributed by atoms with Crippen LogP contribution in [-0.4, -0.2) is 43.2 Å². The lowest BCUT2D eigenvalue weighted by atomic mass is 9.92. The van der Waals surface area contributed by atoms with Crippen LogP contribution in [-0.2, 0) is 14.3 Å². The van der Waals surface area contributed by atoms with Crippen molar-refractivity contribution in [3.63, 3.8) is 0 Å². The van der Waals surface area contributed by atoms with Gasteiger partial charge in [-0.3, -0.25) is 0 Å². The molecular formula is C21H23NO3. The third-order valence-electron chi connectivity index (χ3n) is 5.17. The molecular weight excluding hydrogens is 314 g/mol. The second kappa shape index (κ2) is 6.52. The molecule has 25 heavy (non-hydrogen) atoms. The lowest BCUT2D eigenvalue weighted by molar-refractivity contribution is -0.146. The first-order chi connectivity index (χ1) is 12.1. The summed E-state index contributed by atoms with van der Waals surface area (Å²) in [6, 6.07) is 7.93. The van der Waals surface area contributed by atoms with Gasteiger partial charge in [-0.25, -0.2) is 4.79 Å². The zero-order valence-electron chi connectivity index (χ0n) is 14.7. The van der Waals surface area contributed by atoms with Gasteiger partial charge in [0.25, 0.3) is 0 Å². The number of allylic oxidation sites excluding steroid dienone is 2. The van der Waals surface area contributed by atoms with E-state index in [-0.39, 0.29) is 18.2 Å². The van der Waals surface area contributed by atoms with Crippen LogP contribution >= 0.6 is 0 Å². The number of hydrogen-bond donors (Lipinski definition) is 0. The molecule has 0 N–H and O–H groups in total. The van der Waals surface area contributed by atoms with Crippen molar-refractivity contribution < 1.29 is 14.3 Å². The fourth-order valence-corrected chi connectivity index (χ4v) is 3.75. The number of nitrogens with zero attached hydrogens (tertiary/aromatic N) is 1. The molecule has 1 aromatic rings. The molecule has 4 nitrogen and oxygen atoms in total. The second-order valence-corrected chi connectivity index (χ2v) is 6.97. The molecule has 1 aliphatic carbocycles. The van der Waals surface area contributed by atoms with E-state index in [1.54, 1.807) is 0 Å². The molecule has 0 saturated carbocycles. The van der Waals surface area contributed by atoms with Crippen molar-refractivity contribution in [2.75, 3.05) is 20.1 Å². The van der Waals surface area contributed by atoms with Crippen molar-refractivity contribution in [2.45, 2.75) is 32.0 Å². The largest absolute Gasteiger partial charge is 0.474 e. The molecule has 130 valence electrons. The van der Waals surface area contributed by atoms with Crippen LogP contribution in [0.5, 0.6) is 0 Å². The number of likely N-dealkylation sites (tertiary alicyclic amines) is 1. The number of carbonyl (C=O) groups is 1. The Morgan fingerprint density at radius 3 is 2.68 bits per heavy atom. The normalized spacial score (nSPS) is 23.4. The molecule has 4 rings (SSSR count). The van der Waals surface area contributed by atoms with Crippen molar-refractivity contribution in [3.8, 4) is 0 Å². The SMILES string of the molecule is CC1=CC=CC2OC(C(=O)OC3CCN(C)CC3)=c3ccccc3=C12. The van der Waals surface area contributed by atoms with Gasteiger partial charge in [-0.15, -0.1) is 0 Å². The van der Waals surface area contributed by atoms with Crippen LogP contribution in [0.2, 0.25) is 0 Å². The van der Waals surface area contributed by atoms with Crippen LogP contribution in [0.25, 0.3) is 11.3 Å². The van der Waals surface area contributed by atoms with Gasteiger partial charge in [0.15, 0.2) is 0 Å². The van der Waals surface area contributed by atoms with Gasteiger partial charge in [0.2, 0.25) is 5.76 Å². The van der Waals surface area contributed by atoms with Gasteiger partial charge in [-0.1, -0.05) is 36.4 Å². The summed E-state index contributed by atoms with van der Waals surface area (Å²) in [4.78, 5) is 15.1. The second-order valence-electron chi connectivity index (χ2n) is 6.97. The average Bonchev–Trinajstić information content (AvgIpc) is 2.63. The Balaban J connectivity index is 1.72. The van der Waals surface area contributed by atoms with E-state index in [1.165, 1.54) is 5.57 Å². The van der Waals surface area contributed by atoms with E-state index in [2.05, 4.69) is 31.0 Å². The summed E-state index contributed by atoms with van der Waals surface area (Å²) in [5.74, 6) is -0.00992. The number of fused-ring (bicyclic) bond motifs is 2. The lowest BCUT2D eigenvalue weighted by Gasteiger charge is -2.30. The molecule has 1 atom stereocenters. The van der Waals surface area contributed by atoms with Crippen LogP contribution in [0.4, 0.5) is 0 Å². The van der Waals surface area contributed by atoms with E-state index in [0.717, 1.165) is 41.9 Å². The van der Waals surface area contributed by atoms with Gasteiger partial charge < -0.3 is 14.4 Å². The number of esters is 1. The fourth-order valence-electron chi connectivity index (χ4n) is 3.75. The van der Waals surface area contributed by atoms with Gasteiger partial charge in [-0.05, 0) is 43.7 Å². The highest BCUT2D eigenvalue weighted by atomic mass is 16.6. The summed E-state index contributed by atoms with van der Waals surface area (Å²) in [7, 11) is 2.09. The third kappa shape index (κ3) is 3.02. The Morgan fingerprint density at radius 2 is 1.92 bits per heavy atom. The van der Waals surface area contributed by atoms with E-state index in [4.69, 9.17) is 9.47 Å². The molecule has 0 spiro atoms. The van der Waals surface area contributed by atoms with Crippen LogP contribution in [0.3, 0.4) is 0 Å².